The number of aliphatic carboxylic acids is 1. The zero-order valence-corrected chi connectivity index (χ0v) is 14.5. The van der Waals surface area contributed by atoms with Crippen molar-refractivity contribution in [3.05, 3.63) is 47.3 Å². The summed E-state index contributed by atoms with van der Waals surface area (Å²) in [6, 6.07) is 8.72. The number of carboxylic acid groups (broad SMARTS) is 1. The van der Waals surface area contributed by atoms with Crippen LogP contribution < -0.4 is 10.1 Å². The van der Waals surface area contributed by atoms with Gasteiger partial charge in [0.2, 0.25) is 0 Å². The molecule has 0 aliphatic rings. The SMILES string of the molecule is CC(C)(C)c1cc(C(=O)NCCc2ccc(OCC(=O)O)cc2)no1. The van der Waals surface area contributed by atoms with E-state index >= 15 is 0 Å². The lowest BCUT2D eigenvalue weighted by molar-refractivity contribution is -0.139. The number of rotatable bonds is 7. The fraction of sp³-hybridized carbons (Fsp3) is 0.389. The van der Waals surface area contributed by atoms with Crippen LogP contribution in [-0.2, 0) is 16.6 Å². The van der Waals surface area contributed by atoms with E-state index in [4.69, 9.17) is 14.4 Å². The Kier molecular flexibility index (Phi) is 5.80. The molecule has 1 amide bonds. The van der Waals surface area contributed by atoms with Gasteiger partial charge >= 0.3 is 5.97 Å². The maximum absolute atomic E-state index is 12.1. The molecule has 0 bridgehead atoms. The summed E-state index contributed by atoms with van der Waals surface area (Å²) in [5.74, 6) is -0.142. The lowest BCUT2D eigenvalue weighted by Crippen LogP contribution is -2.26. The molecular formula is C18H22N2O5. The largest absolute Gasteiger partial charge is 0.482 e. The molecule has 0 saturated heterocycles. The van der Waals surface area contributed by atoms with Crippen LogP contribution in [-0.4, -0.2) is 35.3 Å². The van der Waals surface area contributed by atoms with Crippen molar-refractivity contribution < 1.29 is 24.0 Å². The fourth-order valence-corrected chi connectivity index (χ4v) is 2.04. The molecule has 0 atom stereocenters. The van der Waals surface area contributed by atoms with Crippen LogP contribution in [0.3, 0.4) is 0 Å². The van der Waals surface area contributed by atoms with Crippen LogP contribution in [0.4, 0.5) is 0 Å². The Balaban J connectivity index is 1.81. The predicted molar refractivity (Wildman–Crippen MR) is 90.8 cm³/mol. The summed E-state index contributed by atoms with van der Waals surface area (Å²) in [7, 11) is 0. The fourth-order valence-electron chi connectivity index (χ4n) is 2.04. The van der Waals surface area contributed by atoms with E-state index < -0.39 is 5.97 Å². The van der Waals surface area contributed by atoms with Crippen LogP contribution in [0.15, 0.2) is 34.9 Å². The van der Waals surface area contributed by atoms with Gasteiger partial charge in [-0.3, -0.25) is 4.79 Å². The minimum absolute atomic E-state index is 0.198. The number of carbonyl (C=O) groups excluding carboxylic acids is 1. The van der Waals surface area contributed by atoms with E-state index in [1.54, 1.807) is 18.2 Å². The number of nitrogens with zero attached hydrogens (tertiary/aromatic N) is 1. The lowest BCUT2D eigenvalue weighted by atomic mass is 9.93. The van der Waals surface area contributed by atoms with E-state index in [-0.39, 0.29) is 23.6 Å². The van der Waals surface area contributed by atoms with Crippen LogP contribution in [0, 0.1) is 0 Å². The van der Waals surface area contributed by atoms with Crippen molar-refractivity contribution in [1.29, 1.82) is 0 Å². The Morgan fingerprint density at radius 2 is 1.92 bits per heavy atom. The molecule has 2 N–H and O–H groups in total. The minimum atomic E-state index is -1.02. The zero-order valence-electron chi connectivity index (χ0n) is 14.5. The van der Waals surface area contributed by atoms with Gasteiger partial charge in [-0.1, -0.05) is 38.1 Å². The zero-order chi connectivity index (χ0) is 18.4. The first-order chi connectivity index (χ1) is 11.8. The van der Waals surface area contributed by atoms with Gasteiger partial charge in [0.05, 0.1) is 0 Å². The summed E-state index contributed by atoms with van der Waals surface area (Å²) in [6.45, 7) is 6.03. The average Bonchev–Trinajstić information content (AvgIpc) is 3.04. The molecule has 0 aliphatic heterocycles. The van der Waals surface area contributed by atoms with E-state index in [9.17, 15) is 9.59 Å². The third kappa shape index (κ3) is 5.63. The monoisotopic (exact) mass is 346 g/mol. The Morgan fingerprint density at radius 3 is 2.48 bits per heavy atom. The molecule has 0 radical (unpaired) electrons. The number of hydrogen-bond donors (Lipinski definition) is 2. The Hall–Kier alpha value is -2.83. The van der Waals surface area contributed by atoms with Crippen LogP contribution in [0.5, 0.6) is 5.75 Å². The van der Waals surface area contributed by atoms with Gasteiger partial charge < -0.3 is 19.7 Å². The molecule has 134 valence electrons. The molecule has 2 aromatic rings. The minimum Gasteiger partial charge on any atom is -0.482 e. The predicted octanol–water partition coefficient (Wildman–Crippen LogP) is 2.41. The van der Waals surface area contributed by atoms with Gasteiger partial charge in [0, 0.05) is 18.0 Å². The van der Waals surface area contributed by atoms with Crippen molar-refractivity contribution in [3.63, 3.8) is 0 Å². The van der Waals surface area contributed by atoms with Crippen molar-refractivity contribution in [2.75, 3.05) is 13.2 Å². The quantitative estimate of drug-likeness (QED) is 0.798. The molecule has 1 aromatic carbocycles. The van der Waals surface area contributed by atoms with E-state index in [2.05, 4.69) is 10.5 Å². The molecular weight excluding hydrogens is 324 g/mol. The van der Waals surface area contributed by atoms with Crippen LogP contribution in [0.2, 0.25) is 0 Å². The number of ether oxygens (including phenoxy) is 1. The van der Waals surface area contributed by atoms with Gasteiger partial charge in [0.15, 0.2) is 12.3 Å². The first-order valence-corrected chi connectivity index (χ1v) is 7.94. The van der Waals surface area contributed by atoms with Gasteiger partial charge in [0.25, 0.3) is 5.91 Å². The molecule has 7 nitrogen and oxygen atoms in total. The third-order valence-electron chi connectivity index (χ3n) is 3.47. The van der Waals surface area contributed by atoms with Gasteiger partial charge in [-0.2, -0.15) is 0 Å². The Bertz CT molecular complexity index is 729. The van der Waals surface area contributed by atoms with Crippen LogP contribution >= 0.6 is 0 Å². The highest BCUT2D eigenvalue weighted by Gasteiger charge is 2.21. The number of aromatic nitrogens is 1. The highest BCUT2D eigenvalue weighted by molar-refractivity contribution is 5.92. The standard InChI is InChI=1S/C18H22N2O5/c1-18(2,3)15-10-14(20-25-15)17(23)19-9-8-12-4-6-13(7-5-12)24-11-16(21)22/h4-7,10H,8-9,11H2,1-3H3,(H,19,23)(H,21,22). The first kappa shape index (κ1) is 18.5. The second-order valence-corrected chi connectivity index (χ2v) is 6.66. The van der Waals surface area contributed by atoms with Gasteiger partial charge in [-0.05, 0) is 24.1 Å². The maximum atomic E-state index is 12.1. The number of amides is 1. The van der Waals surface area contributed by atoms with Crippen molar-refractivity contribution >= 4 is 11.9 Å². The second kappa shape index (κ2) is 7.83. The number of carbonyl (C=O) groups is 2. The Labute approximate surface area is 146 Å². The van der Waals surface area contributed by atoms with E-state index in [1.165, 1.54) is 0 Å². The van der Waals surface area contributed by atoms with E-state index in [0.29, 0.717) is 24.5 Å². The molecule has 1 aromatic heterocycles. The van der Waals surface area contributed by atoms with Crippen molar-refractivity contribution in [2.24, 2.45) is 0 Å². The topological polar surface area (TPSA) is 102 Å². The molecule has 25 heavy (non-hydrogen) atoms. The third-order valence-corrected chi connectivity index (χ3v) is 3.47. The van der Waals surface area contributed by atoms with Gasteiger partial charge in [-0.15, -0.1) is 0 Å². The first-order valence-electron chi connectivity index (χ1n) is 7.94. The second-order valence-electron chi connectivity index (χ2n) is 6.66. The smallest absolute Gasteiger partial charge is 0.341 e. The summed E-state index contributed by atoms with van der Waals surface area (Å²) >= 11 is 0. The molecule has 1 heterocycles. The van der Waals surface area contributed by atoms with E-state index in [1.807, 2.05) is 32.9 Å². The summed E-state index contributed by atoms with van der Waals surface area (Å²) in [4.78, 5) is 22.5. The lowest BCUT2D eigenvalue weighted by Gasteiger charge is -2.12. The van der Waals surface area contributed by atoms with Crippen LogP contribution in [0.1, 0.15) is 42.6 Å². The summed E-state index contributed by atoms with van der Waals surface area (Å²) in [5.41, 5.74) is 1.07. The van der Waals surface area contributed by atoms with Gasteiger partial charge in [0.1, 0.15) is 11.5 Å². The molecule has 0 unspecified atom stereocenters. The summed E-state index contributed by atoms with van der Waals surface area (Å²) < 4.78 is 10.3. The number of benzene rings is 1. The molecule has 0 aliphatic carbocycles. The van der Waals surface area contributed by atoms with Crippen LogP contribution in [0.25, 0.3) is 0 Å². The molecule has 0 saturated carbocycles. The maximum Gasteiger partial charge on any atom is 0.341 e. The van der Waals surface area contributed by atoms with E-state index in [0.717, 1.165) is 5.56 Å². The normalized spacial score (nSPS) is 11.2. The van der Waals surface area contributed by atoms with Gasteiger partial charge in [-0.25, -0.2) is 4.79 Å². The molecule has 2 rings (SSSR count). The number of hydrogen-bond acceptors (Lipinski definition) is 5. The summed E-state index contributed by atoms with van der Waals surface area (Å²) in [6.07, 6.45) is 0.634. The molecule has 7 heteroatoms. The molecule has 0 spiro atoms. The van der Waals surface area contributed by atoms with Crippen molar-refractivity contribution in [1.82, 2.24) is 10.5 Å². The van der Waals surface area contributed by atoms with Crippen molar-refractivity contribution in [2.45, 2.75) is 32.6 Å². The number of nitrogens with one attached hydrogen (secondary N) is 1. The molecule has 0 fully saturated rings. The summed E-state index contributed by atoms with van der Waals surface area (Å²) in [5, 5.41) is 15.2. The highest BCUT2D eigenvalue weighted by atomic mass is 16.5. The number of carboxylic acids is 1. The Morgan fingerprint density at radius 1 is 1.24 bits per heavy atom. The highest BCUT2D eigenvalue weighted by Crippen LogP contribution is 2.22. The average molecular weight is 346 g/mol. The van der Waals surface area contributed by atoms with Crippen molar-refractivity contribution in [3.8, 4) is 5.75 Å².